The van der Waals surface area contributed by atoms with Crippen LogP contribution in [0.2, 0.25) is 0 Å². The molecule has 1 amide bonds. The van der Waals surface area contributed by atoms with Crippen molar-refractivity contribution in [3.63, 3.8) is 0 Å². The maximum absolute atomic E-state index is 10.4. The number of likely N-dealkylation sites (N-methyl/N-ethyl adjacent to an activating group) is 5. The van der Waals surface area contributed by atoms with Crippen molar-refractivity contribution < 1.29 is 93.0 Å². The van der Waals surface area contributed by atoms with Gasteiger partial charge in [-0.15, -0.1) is 0 Å². The van der Waals surface area contributed by atoms with Gasteiger partial charge in [0.15, 0.2) is 5.96 Å². The van der Waals surface area contributed by atoms with Crippen molar-refractivity contribution in [2.24, 2.45) is 0 Å². The Morgan fingerprint density at radius 3 is 1.08 bits per heavy atom. The van der Waals surface area contributed by atoms with Gasteiger partial charge < -0.3 is 98.4 Å². The molecule has 0 unspecified atom stereocenters. The first kappa shape index (κ1) is 68.1. The van der Waals surface area contributed by atoms with E-state index < -0.39 is 42.3 Å². The van der Waals surface area contributed by atoms with Crippen molar-refractivity contribution in [3.8, 4) is 0 Å². The van der Waals surface area contributed by atoms with Gasteiger partial charge in [-0.1, -0.05) is 0 Å². The van der Waals surface area contributed by atoms with Gasteiger partial charge in [0, 0.05) is 44.5 Å². The molecule has 2 heterocycles. The van der Waals surface area contributed by atoms with E-state index in [4.69, 9.17) is 36.0 Å². The van der Waals surface area contributed by atoms with Gasteiger partial charge >= 0.3 is 0 Å². The minimum Gasteiger partial charge on any atom is -0.550 e. The second-order valence-corrected chi connectivity index (χ2v) is 17.4. The number of guanidine groups is 1. The zero-order valence-corrected chi connectivity index (χ0v) is 38.8. The van der Waals surface area contributed by atoms with Crippen molar-refractivity contribution in [1.82, 2.24) is 15.5 Å². The molecule has 0 aliphatic carbocycles. The summed E-state index contributed by atoms with van der Waals surface area (Å²) in [5.41, 5.74) is -2.97. The van der Waals surface area contributed by atoms with Gasteiger partial charge in [0.05, 0.1) is 129 Å². The van der Waals surface area contributed by atoms with Crippen LogP contribution in [-0.4, -0.2) is 265 Å². The van der Waals surface area contributed by atoms with E-state index in [9.17, 15) is 44.4 Å². The number of carbonyl (C=O) groups excluding carboxylic acids is 5. The van der Waals surface area contributed by atoms with Gasteiger partial charge in [-0.3, -0.25) is 15.5 Å². The van der Waals surface area contributed by atoms with E-state index in [0.717, 1.165) is 63.5 Å². The Hall–Kier alpha value is -3.62. The van der Waals surface area contributed by atoms with Crippen LogP contribution in [-0.2, 0) is 24.0 Å². The molecule has 2 rings (SSSR count). The van der Waals surface area contributed by atoms with E-state index in [1.165, 1.54) is 0 Å². The first-order valence-electron chi connectivity index (χ1n) is 19.1. The van der Waals surface area contributed by atoms with Gasteiger partial charge in [0.1, 0.15) is 31.8 Å². The summed E-state index contributed by atoms with van der Waals surface area (Å²) in [7, 11) is 26.3. The van der Waals surface area contributed by atoms with Crippen molar-refractivity contribution in [2.75, 3.05) is 164 Å². The van der Waals surface area contributed by atoms with Crippen LogP contribution >= 0.6 is 0 Å². The molecule has 0 saturated carbocycles. The average Bonchev–Trinajstić information content (AvgIpc) is 3.66. The number of carboxylic acids is 4. The van der Waals surface area contributed by atoms with Gasteiger partial charge in [-0.2, -0.15) is 0 Å². The number of quaternary nitrogens is 4. The van der Waals surface area contributed by atoms with Crippen LogP contribution in [0.5, 0.6) is 0 Å². The number of hydrogen-bond donors (Lipinski definition) is 9. The Balaban J connectivity index is -0.000000142. The average molecular weight is 879 g/mol. The minimum absolute atomic E-state index is 0.0995. The molecule has 0 bridgehead atoms. The summed E-state index contributed by atoms with van der Waals surface area (Å²) in [5, 5.41) is 102. The lowest BCUT2D eigenvalue weighted by molar-refractivity contribution is -0.870. The Labute approximate surface area is 357 Å². The number of aliphatic carboxylic acids is 4. The van der Waals surface area contributed by atoms with Crippen LogP contribution in [0.4, 0.5) is 0 Å². The molecule has 2 fully saturated rings. The van der Waals surface area contributed by atoms with Crippen molar-refractivity contribution >= 4 is 35.7 Å². The molecular formula is C37H82N8O15. The number of amides is 1. The van der Waals surface area contributed by atoms with E-state index in [1.54, 1.807) is 18.9 Å². The number of nitrogens with one attached hydrogen (secondary N) is 3. The number of hydrogen-bond acceptors (Lipinski definition) is 17. The SMILES string of the molecule is CCO.CN1CC(=O)NC1=N.C[N+](C)(C)CCO.C[N+](C)(C)CCO.C[N+](C)(C)CCO.C[N+](C)(C)CCO.O=C([O-])CC(O)(CC(=O)[O-])C(=O)[O-].O=C([O-])[C@@H]1CCCN1. The fraction of sp³-hybridized carbons (Fsp3) is 0.838. The molecule has 23 heteroatoms. The van der Waals surface area contributed by atoms with Gasteiger partial charge in [-0.25, -0.2) is 0 Å². The standard InChI is InChI=1S/C6H8O7.C5H9NO2.4C5H14NO.C4H7N3O.C2H6O/c7-3(8)1-6(13,5(11)12)2-4(9)10;7-5(8)4-2-1-3-6-4;4*1-6(2,3)4-5-7;1-7-2-3(8)6-4(7)5;1-2-3/h13H,1-2H2,(H,7,8)(H,9,10)(H,11,12);4,6H,1-3H2,(H,7,8);4*7H,4-5H2,1-3H3;2H2,1H3,(H2,5,6,8);3H,2H2,1H3/q;;4*+1;;/p-4/t;4-;;;;;;/m.0....../s1. The summed E-state index contributed by atoms with van der Waals surface area (Å²) < 4.78 is 3.38. The maximum Gasteiger partial charge on any atom is 0.246 e. The van der Waals surface area contributed by atoms with Crippen molar-refractivity contribution in [2.45, 2.75) is 44.2 Å². The van der Waals surface area contributed by atoms with Gasteiger partial charge in [0.25, 0.3) is 0 Å². The highest BCUT2D eigenvalue weighted by Gasteiger charge is 2.29. The first-order chi connectivity index (χ1) is 26.9. The second kappa shape index (κ2) is 36.1. The van der Waals surface area contributed by atoms with Crippen molar-refractivity contribution in [1.29, 1.82) is 5.41 Å². The molecule has 23 nitrogen and oxygen atoms in total. The van der Waals surface area contributed by atoms with Crippen LogP contribution in [0.3, 0.4) is 0 Å². The molecule has 9 N–H and O–H groups in total. The highest BCUT2D eigenvalue weighted by Crippen LogP contribution is 2.13. The summed E-state index contributed by atoms with van der Waals surface area (Å²) in [5.74, 6) is -6.86. The van der Waals surface area contributed by atoms with Crippen LogP contribution < -0.4 is 31.1 Å². The molecule has 0 aromatic carbocycles. The number of aliphatic hydroxyl groups excluding tert-OH is 5. The Bertz CT molecular complexity index is 1080. The zero-order chi connectivity index (χ0) is 49.1. The Morgan fingerprint density at radius 2 is 1.00 bits per heavy atom. The van der Waals surface area contributed by atoms with E-state index in [2.05, 4.69) is 95.2 Å². The molecular weight excluding hydrogens is 796 g/mol. The predicted molar refractivity (Wildman–Crippen MR) is 216 cm³/mol. The summed E-state index contributed by atoms with van der Waals surface area (Å²) in [6, 6.07) is -0.380. The zero-order valence-electron chi connectivity index (χ0n) is 38.8. The molecule has 0 aromatic heterocycles. The smallest absolute Gasteiger partial charge is 0.246 e. The third-order valence-electron chi connectivity index (χ3n) is 6.70. The number of carbonyl (C=O) groups is 5. The lowest BCUT2D eigenvalue weighted by atomic mass is 9.96. The predicted octanol–water partition coefficient (Wildman–Crippen LogP) is -9.04. The lowest BCUT2D eigenvalue weighted by Crippen LogP contribution is -2.54. The Morgan fingerprint density at radius 1 is 0.700 bits per heavy atom. The molecule has 2 aliphatic rings. The molecule has 0 aromatic rings. The quantitative estimate of drug-likeness (QED) is 0.0732. The summed E-state index contributed by atoms with van der Waals surface area (Å²) in [6.07, 6.45) is -1.03. The fourth-order valence-electron chi connectivity index (χ4n) is 3.33. The molecule has 0 radical (unpaired) electrons. The molecule has 60 heavy (non-hydrogen) atoms. The van der Waals surface area contributed by atoms with E-state index in [1.807, 2.05) is 0 Å². The summed E-state index contributed by atoms with van der Waals surface area (Å²) in [4.78, 5) is 51.9. The lowest BCUT2D eigenvalue weighted by Gasteiger charge is -2.29. The number of nitrogens with zero attached hydrogens (tertiary/aromatic N) is 5. The van der Waals surface area contributed by atoms with Crippen molar-refractivity contribution in [3.05, 3.63) is 0 Å². The maximum atomic E-state index is 10.4. The third kappa shape index (κ3) is 58.7. The number of rotatable bonds is 14. The molecule has 1 atom stereocenters. The molecule has 0 spiro atoms. The van der Waals surface area contributed by atoms with Crippen LogP contribution in [0, 0.1) is 5.41 Å². The van der Waals surface area contributed by atoms with Gasteiger partial charge in [-0.05, 0) is 26.3 Å². The minimum atomic E-state index is -2.97. The van der Waals surface area contributed by atoms with E-state index >= 15 is 0 Å². The van der Waals surface area contributed by atoms with Crippen LogP contribution in [0.1, 0.15) is 32.6 Å². The third-order valence-corrected chi connectivity index (χ3v) is 6.70. The highest BCUT2D eigenvalue weighted by atomic mass is 16.4. The Kier molecular flexibility index (Phi) is 41.0. The normalized spacial score (nSPS) is 14.6. The largest absolute Gasteiger partial charge is 0.550 e. The first-order valence-corrected chi connectivity index (χ1v) is 19.1. The fourth-order valence-corrected chi connectivity index (χ4v) is 3.33. The second-order valence-electron chi connectivity index (χ2n) is 17.4. The summed E-state index contributed by atoms with van der Waals surface area (Å²) in [6.45, 7) is 7.53. The summed E-state index contributed by atoms with van der Waals surface area (Å²) >= 11 is 0. The number of aliphatic hydroxyl groups is 6. The highest BCUT2D eigenvalue weighted by molar-refractivity contribution is 6.02. The van der Waals surface area contributed by atoms with E-state index in [-0.39, 0.29) is 50.9 Å². The molecule has 2 saturated heterocycles. The topological polar surface area (TPSA) is 350 Å². The van der Waals surface area contributed by atoms with Gasteiger partial charge in [0.2, 0.25) is 5.91 Å². The van der Waals surface area contributed by atoms with Crippen LogP contribution in [0.15, 0.2) is 0 Å². The number of carboxylic acid groups (broad SMARTS) is 4. The van der Waals surface area contributed by atoms with E-state index in [0.29, 0.717) is 6.54 Å². The monoisotopic (exact) mass is 879 g/mol. The molecule has 360 valence electrons. The van der Waals surface area contributed by atoms with Crippen LogP contribution in [0.25, 0.3) is 0 Å². The molecule has 2 aliphatic heterocycles.